The van der Waals surface area contributed by atoms with Crippen molar-refractivity contribution in [3.8, 4) is 0 Å². The smallest absolute Gasteiger partial charge is 0.326 e. The van der Waals surface area contributed by atoms with Crippen molar-refractivity contribution >= 4 is 12.0 Å². The second-order valence-corrected chi connectivity index (χ2v) is 3.17. The van der Waals surface area contributed by atoms with Crippen molar-refractivity contribution in [2.45, 2.75) is 25.8 Å². The molecule has 0 aromatic carbocycles. The number of carboxylic acids is 1. The molecule has 0 aromatic heterocycles. The molecular weight excluding hydrogens is 238 g/mol. The van der Waals surface area contributed by atoms with Gasteiger partial charge in [-0.15, -0.1) is 0 Å². The van der Waals surface area contributed by atoms with E-state index in [0.717, 1.165) is 0 Å². The van der Waals surface area contributed by atoms with Gasteiger partial charge in [0.05, 0.1) is 6.61 Å². The number of urea groups is 1. The molecule has 0 unspecified atom stereocenters. The molecule has 2 amide bonds. The molecule has 1 atom stereocenters. The molecule has 8 heteroatoms. The van der Waals surface area contributed by atoms with Crippen molar-refractivity contribution in [2.75, 3.05) is 19.8 Å². The molecule has 0 saturated heterocycles. The topological polar surface area (TPSA) is 87.7 Å². The maximum Gasteiger partial charge on any atom is 0.326 e. The molecular formula is C9H16F2N2O4. The Kier molecular flexibility index (Phi) is 7.95. The van der Waals surface area contributed by atoms with Crippen molar-refractivity contribution in [3.05, 3.63) is 0 Å². The summed E-state index contributed by atoms with van der Waals surface area (Å²) < 4.78 is 27.8. The van der Waals surface area contributed by atoms with E-state index >= 15 is 0 Å². The molecule has 0 radical (unpaired) electrons. The highest BCUT2D eigenvalue weighted by Crippen LogP contribution is 1.92. The summed E-state index contributed by atoms with van der Waals surface area (Å²) in [5.41, 5.74) is 0. The van der Waals surface area contributed by atoms with E-state index in [-0.39, 0.29) is 19.6 Å². The standard InChI is InChI=1S/C9H16F2N2O4/c1-2-6(8(14)15)13-9(16)12-3-4-17-5-7(10)11/h6-7H,2-5H2,1H3,(H,14,15)(H2,12,13,16)/t6-/m0/s1. The normalized spacial score (nSPS) is 12.2. The van der Waals surface area contributed by atoms with Gasteiger partial charge in [-0.2, -0.15) is 0 Å². The lowest BCUT2D eigenvalue weighted by molar-refractivity contribution is -0.139. The van der Waals surface area contributed by atoms with Crippen molar-refractivity contribution in [1.82, 2.24) is 10.6 Å². The summed E-state index contributed by atoms with van der Waals surface area (Å²) in [5.74, 6) is -1.13. The first kappa shape index (κ1) is 15.6. The van der Waals surface area contributed by atoms with Gasteiger partial charge in [-0.25, -0.2) is 18.4 Å². The predicted octanol–water partition coefficient (Wildman–Crippen LogP) is 0.430. The molecule has 0 spiro atoms. The van der Waals surface area contributed by atoms with Gasteiger partial charge < -0.3 is 20.5 Å². The molecule has 6 nitrogen and oxygen atoms in total. The largest absolute Gasteiger partial charge is 0.480 e. The quantitative estimate of drug-likeness (QED) is 0.548. The van der Waals surface area contributed by atoms with Gasteiger partial charge in [0, 0.05) is 6.54 Å². The number of carbonyl (C=O) groups excluding carboxylic acids is 1. The number of hydrogen-bond donors (Lipinski definition) is 3. The summed E-state index contributed by atoms with van der Waals surface area (Å²) in [6.45, 7) is 0.914. The Morgan fingerprint density at radius 3 is 2.53 bits per heavy atom. The third-order valence-corrected chi connectivity index (χ3v) is 1.79. The van der Waals surface area contributed by atoms with Crippen molar-refractivity contribution in [3.63, 3.8) is 0 Å². The first-order chi connectivity index (χ1) is 7.97. The Morgan fingerprint density at radius 1 is 1.41 bits per heavy atom. The lowest BCUT2D eigenvalue weighted by Crippen LogP contribution is -2.46. The fourth-order valence-corrected chi connectivity index (χ4v) is 0.957. The van der Waals surface area contributed by atoms with Crippen LogP contribution in [0.15, 0.2) is 0 Å². The summed E-state index contributed by atoms with van der Waals surface area (Å²) in [5, 5.41) is 13.1. The van der Waals surface area contributed by atoms with Crippen LogP contribution in [0.2, 0.25) is 0 Å². The number of carboxylic acid groups (broad SMARTS) is 1. The van der Waals surface area contributed by atoms with Gasteiger partial charge in [0.25, 0.3) is 6.43 Å². The average Bonchev–Trinajstić information content (AvgIpc) is 2.24. The highest BCUT2D eigenvalue weighted by Gasteiger charge is 2.16. The molecule has 0 fully saturated rings. The number of hydrogen-bond acceptors (Lipinski definition) is 3. The zero-order valence-electron chi connectivity index (χ0n) is 9.41. The lowest BCUT2D eigenvalue weighted by atomic mass is 10.2. The van der Waals surface area contributed by atoms with E-state index in [0.29, 0.717) is 0 Å². The number of carbonyl (C=O) groups is 2. The number of ether oxygens (including phenoxy) is 1. The number of amides is 2. The second-order valence-electron chi connectivity index (χ2n) is 3.17. The van der Waals surface area contributed by atoms with Crippen LogP contribution in [0.5, 0.6) is 0 Å². The number of nitrogens with one attached hydrogen (secondary N) is 2. The fourth-order valence-electron chi connectivity index (χ4n) is 0.957. The first-order valence-corrected chi connectivity index (χ1v) is 5.10. The van der Waals surface area contributed by atoms with E-state index in [1.165, 1.54) is 0 Å². The Morgan fingerprint density at radius 2 is 2.06 bits per heavy atom. The van der Waals surface area contributed by atoms with Gasteiger partial charge in [-0.05, 0) is 6.42 Å². The zero-order valence-corrected chi connectivity index (χ0v) is 9.41. The van der Waals surface area contributed by atoms with Crippen LogP contribution in [-0.2, 0) is 9.53 Å². The van der Waals surface area contributed by atoms with Gasteiger partial charge in [-0.3, -0.25) is 0 Å². The van der Waals surface area contributed by atoms with Gasteiger partial charge in [-0.1, -0.05) is 6.92 Å². The van der Waals surface area contributed by atoms with E-state index in [4.69, 9.17) is 5.11 Å². The van der Waals surface area contributed by atoms with Crippen molar-refractivity contribution in [1.29, 1.82) is 0 Å². The van der Waals surface area contributed by atoms with Crippen molar-refractivity contribution < 1.29 is 28.2 Å². The molecule has 0 rings (SSSR count). The van der Waals surface area contributed by atoms with Crippen LogP contribution in [0.3, 0.4) is 0 Å². The van der Waals surface area contributed by atoms with Crippen LogP contribution in [0.25, 0.3) is 0 Å². The summed E-state index contributed by atoms with van der Waals surface area (Å²) in [4.78, 5) is 21.7. The van der Waals surface area contributed by atoms with Gasteiger partial charge in [0.2, 0.25) is 0 Å². The number of aliphatic carboxylic acids is 1. The Balaban J connectivity index is 3.62. The van der Waals surface area contributed by atoms with E-state index < -0.39 is 31.1 Å². The molecule has 0 bridgehead atoms. The summed E-state index contributed by atoms with van der Waals surface area (Å²) in [6.07, 6.45) is -2.29. The van der Waals surface area contributed by atoms with E-state index in [9.17, 15) is 18.4 Å². The zero-order chi connectivity index (χ0) is 13.3. The lowest BCUT2D eigenvalue weighted by Gasteiger charge is -2.13. The Hall–Kier alpha value is -1.44. The molecule has 17 heavy (non-hydrogen) atoms. The van der Waals surface area contributed by atoms with Crippen LogP contribution in [0.1, 0.15) is 13.3 Å². The molecule has 0 aliphatic carbocycles. The molecule has 0 aliphatic heterocycles. The summed E-state index contributed by atoms with van der Waals surface area (Å²) in [7, 11) is 0. The van der Waals surface area contributed by atoms with Crippen LogP contribution < -0.4 is 10.6 Å². The molecule has 100 valence electrons. The maximum absolute atomic E-state index is 11.6. The van der Waals surface area contributed by atoms with Crippen LogP contribution in [0.4, 0.5) is 13.6 Å². The minimum atomic E-state index is -2.54. The van der Waals surface area contributed by atoms with Crippen LogP contribution in [0, 0.1) is 0 Å². The minimum Gasteiger partial charge on any atom is -0.480 e. The summed E-state index contributed by atoms with van der Waals surface area (Å²) in [6, 6.07) is -1.63. The monoisotopic (exact) mass is 254 g/mol. The number of alkyl halides is 2. The number of halogens is 2. The third kappa shape index (κ3) is 8.38. The number of rotatable bonds is 8. The van der Waals surface area contributed by atoms with E-state index in [1.54, 1.807) is 6.92 Å². The third-order valence-electron chi connectivity index (χ3n) is 1.79. The fraction of sp³-hybridized carbons (Fsp3) is 0.778. The SMILES string of the molecule is CC[C@H](NC(=O)NCCOCC(F)F)C(=O)O. The summed E-state index contributed by atoms with van der Waals surface area (Å²) >= 11 is 0. The van der Waals surface area contributed by atoms with Crippen molar-refractivity contribution in [2.24, 2.45) is 0 Å². The molecule has 0 aromatic rings. The molecule has 0 heterocycles. The van der Waals surface area contributed by atoms with Gasteiger partial charge >= 0.3 is 12.0 Å². The van der Waals surface area contributed by atoms with Gasteiger partial charge in [0.1, 0.15) is 12.6 Å². The first-order valence-electron chi connectivity index (χ1n) is 5.10. The second kappa shape index (κ2) is 8.68. The van der Waals surface area contributed by atoms with Crippen LogP contribution in [-0.4, -0.2) is 49.3 Å². The Bertz CT molecular complexity index is 251. The maximum atomic E-state index is 11.6. The molecule has 3 N–H and O–H groups in total. The highest BCUT2D eigenvalue weighted by atomic mass is 19.3. The Labute approximate surface area is 97.3 Å². The highest BCUT2D eigenvalue weighted by molar-refractivity contribution is 5.82. The van der Waals surface area contributed by atoms with Crippen LogP contribution >= 0.6 is 0 Å². The van der Waals surface area contributed by atoms with E-state index in [1.807, 2.05) is 0 Å². The molecule has 0 saturated carbocycles. The predicted molar refractivity (Wildman–Crippen MR) is 55.1 cm³/mol. The minimum absolute atomic E-state index is 0.0363. The molecule has 0 aliphatic rings. The van der Waals surface area contributed by atoms with E-state index in [2.05, 4.69) is 15.4 Å². The average molecular weight is 254 g/mol. The van der Waals surface area contributed by atoms with Gasteiger partial charge in [0.15, 0.2) is 0 Å².